The Morgan fingerprint density at radius 1 is 1.45 bits per heavy atom. The monoisotopic (exact) mass is 279 g/mol. The van der Waals surface area contributed by atoms with Gasteiger partial charge in [0.15, 0.2) is 0 Å². The predicted octanol–water partition coefficient (Wildman–Crippen LogP) is 1.64. The van der Waals surface area contributed by atoms with Crippen LogP contribution in [0.3, 0.4) is 0 Å². The Balaban J connectivity index is 1.99. The Hall–Kier alpha value is -2.11. The van der Waals surface area contributed by atoms with Crippen LogP contribution in [-0.4, -0.2) is 30.6 Å². The zero-order chi connectivity index (χ0) is 14.7. The summed E-state index contributed by atoms with van der Waals surface area (Å²) in [6, 6.07) is 5.36. The third kappa shape index (κ3) is 3.46. The first-order valence-corrected chi connectivity index (χ1v) is 6.58. The highest BCUT2D eigenvalue weighted by Gasteiger charge is 2.31. The normalized spacial score (nSPS) is 18.5. The summed E-state index contributed by atoms with van der Waals surface area (Å²) in [7, 11) is 0. The number of carbonyl (C=O) groups excluding carboxylic acids is 2. The maximum atomic E-state index is 13.2. The van der Waals surface area contributed by atoms with Crippen LogP contribution in [0.1, 0.15) is 20.3 Å². The second-order valence-electron chi connectivity index (χ2n) is 5.16. The first-order chi connectivity index (χ1) is 9.45. The lowest BCUT2D eigenvalue weighted by Gasteiger charge is -2.18. The summed E-state index contributed by atoms with van der Waals surface area (Å²) in [5.74, 6) is -0.505. The van der Waals surface area contributed by atoms with Crippen molar-refractivity contribution >= 4 is 17.6 Å². The average Bonchev–Trinajstić information content (AvgIpc) is 2.68. The summed E-state index contributed by atoms with van der Waals surface area (Å²) in [4.78, 5) is 25.0. The summed E-state index contributed by atoms with van der Waals surface area (Å²) >= 11 is 0. The van der Waals surface area contributed by atoms with E-state index in [1.54, 1.807) is 12.1 Å². The Bertz CT molecular complexity index is 519. The van der Waals surface area contributed by atoms with Crippen molar-refractivity contribution in [3.8, 4) is 0 Å². The molecule has 1 aromatic carbocycles. The molecule has 20 heavy (non-hydrogen) atoms. The number of hydrogen-bond acceptors (Lipinski definition) is 2. The number of hydrogen-bond donors (Lipinski definition) is 2. The molecule has 1 aliphatic heterocycles. The fourth-order valence-electron chi connectivity index (χ4n) is 2.19. The van der Waals surface area contributed by atoms with Gasteiger partial charge in [-0.3, -0.25) is 4.79 Å². The molecule has 0 saturated carbocycles. The summed E-state index contributed by atoms with van der Waals surface area (Å²) in [5.41, 5.74) is 0.517. The van der Waals surface area contributed by atoms with Gasteiger partial charge in [-0.05, 0) is 32.0 Å². The van der Waals surface area contributed by atoms with Crippen molar-refractivity contribution < 1.29 is 14.0 Å². The van der Waals surface area contributed by atoms with E-state index in [4.69, 9.17) is 0 Å². The van der Waals surface area contributed by atoms with Crippen LogP contribution in [0.2, 0.25) is 0 Å². The van der Waals surface area contributed by atoms with E-state index in [0.29, 0.717) is 12.2 Å². The number of urea groups is 1. The van der Waals surface area contributed by atoms with E-state index in [0.717, 1.165) is 0 Å². The molecule has 1 aromatic rings. The lowest BCUT2D eigenvalue weighted by Crippen LogP contribution is -2.45. The summed E-state index contributed by atoms with van der Waals surface area (Å²) < 4.78 is 13.2. The quantitative estimate of drug-likeness (QED) is 0.883. The van der Waals surface area contributed by atoms with Gasteiger partial charge in [-0.25, -0.2) is 9.18 Å². The van der Waals surface area contributed by atoms with Crippen molar-refractivity contribution in [2.24, 2.45) is 0 Å². The van der Waals surface area contributed by atoms with E-state index in [1.165, 1.54) is 17.0 Å². The lowest BCUT2D eigenvalue weighted by molar-refractivity contribution is -0.117. The van der Waals surface area contributed by atoms with Gasteiger partial charge in [0.2, 0.25) is 5.91 Å². The zero-order valence-corrected chi connectivity index (χ0v) is 11.5. The number of carbonyl (C=O) groups is 2. The van der Waals surface area contributed by atoms with Crippen molar-refractivity contribution in [3.05, 3.63) is 30.1 Å². The molecule has 1 heterocycles. The van der Waals surface area contributed by atoms with E-state index in [2.05, 4.69) is 10.6 Å². The summed E-state index contributed by atoms with van der Waals surface area (Å²) in [5, 5.41) is 5.46. The van der Waals surface area contributed by atoms with Gasteiger partial charge in [-0.1, -0.05) is 6.07 Å². The molecule has 3 amide bonds. The van der Waals surface area contributed by atoms with Gasteiger partial charge in [0, 0.05) is 24.7 Å². The molecular formula is C14H18FN3O2. The van der Waals surface area contributed by atoms with Gasteiger partial charge < -0.3 is 15.5 Å². The number of amides is 3. The standard InChI is InChI=1S/C14H18FN3O2/c1-9(2)16-14(20)17-11-7-13(19)18(8-11)12-5-3-4-10(15)6-12/h3-6,9,11H,7-8H2,1-2H3,(H2,16,17,20). The number of nitrogens with one attached hydrogen (secondary N) is 2. The molecule has 108 valence electrons. The molecule has 0 radical (unpaired) electrons. The van der Waals surface area contributed by atoms with Gasteiger partial charge in [-0.2, -0.15) is 0 Å². The fraction of sp³-hybridized carbons (Fsp3) is 0.429. The molecule has 1 atom stereocenters. The van der Waals surface area contributed by atoms with Gasteiger partial charge in [0.25, 0.3) is 0 Å². The Labute approximate surface area is 117 Å². The second-order valence-corrected chi connectivity index (χ2v) is 5.16. The smallest absolute Gasteiger partial charge is 0.315 e. The first kappa shape index (κ1) is 14.3. The summed E-state index contributed by atoms with van der Waals surface area (Å²) in [6.07, 6.45) is 0.224. The van der Waals surface area contributed by atoms with Crippen molar-refractivity contribution in [1.82, 2.24) is 10.6 Å². The Kier molecular flexibility index (Phi) is 4.22. The van der Waals surface area contributed by atoms with Gasteiger partial charge in [0.1, 0.15) is 5.82 Å². The predicted molar refractivity (Wildman–Crippen MR) is 74.0 cm³/mol. The van der Waals surface area contributed by atoms with Crippen LogP contribution in [0.25, 0.3) is 0 Å². The molecule has 0 spiro atoms. The highest BCUT2D eigenvalue weighted by Crippen LogP contribution is 2.22. The van der Waals surface area contributed by atoms with Crippen LogP contribution in [0.4, 0.5) is 14.9 Å². The average molecular weight is 279 g/mol. The molecule has 2 N–H and O–H groups in total. The van der Waals surface area contributed by atoms with Crippen LogP contribution < -0.4 is 15.5 Å². The summed E-state index contributed by atoms with van der Waals surface area (Å²) in [6.45, 7) is 4.07. The number of halogens is 1. The van der Waals surface area contributed by atoms with Crippen LogP contribution in [-0.2, 0) is 4.79 Å². The largest absolute Gasteiger partial charge is 0.336 e. The van der Waals surface area contributed by atoms with Crippen molar-refractivity contribution in [2.75, 3.05) is 11.4 Å². The third-order valence-electron chi connectivity index (χ3n) is 3.00. The molecular weight excluding hydrogens is 261 g/mol. The van der Waals surface area contributed by atoms with Crippen molar-refractivity contribution in [3.63, 3.8) is 0 Å². The van der Waals surface area contributed by atoms with Crippen molar-refractivity contribution in [2.45, 2.75) is 32.4 Å². The first-order valence-electron chi connectivity index (χ1n) is 6.58. The van der Waals surface area contributed by atoms with E-state index >= 15 is 0 Å². The van der Waals surface area contributed by atoms with E-state index in [9.17, 15) is 14.0 Å². The minimum Gasteiger partial charge on any atom is -0.336 e. The van der Waals surface area contributed by atoms with Crippen LogP contribution in [0.5, 0.6) is 0 Å². The number of rotatable bonds is 3. The van der Waals surface area contributed by atoms with Gasteiger partial charge >= 0.3 is 6.03 Å². The molecule has 1 aliphatic rings. The molecule has 2 rings (SSSR count). The number of nitrogens with zero attached hydrogens (tertiary/aromatic N) is 1. The molecule has 6 heteroatoms. The maximum absolute atomic E-state index is 13.2. The van der Waals surface area contributed by atoms with Gasteiger partial charge in [0.05, 0.1) is 6.04 Å². The molecule has 1 unspecified atom stereocenters. The minimum absolute atomic E-state index is 0.0337. The third-order valence-corrected chi connectivity index (χ3v) is 3.00. The fourth-order valence-corrected chi connectivity index (χ4v) is 2.19. The van der Waals surface area contributed by atoms with Crippen LogP contribution in [0, 0.1) is 5.82 Å². The highest BCUT2D eigenvalue weighted by molar-refractivity contribution is 5.96. The molecule has 1 fully saturated rings. The highest BCUT2D eigenvalue weighted by atomic mass is 19.1. The second kappa shape index (κ2) is 5.90. The number of anilines is 1. The topological polar surface area (TPSA) is 61.4 Å². The molecule has 1 saturated heterocycles. The zero-order valence-electron chi connectivity index (χ0n) is 11.5. The van der Waals surface area contributed by atoms with Crippen molar-refractivity contribution in [1.29, 1.82) is 0 Å². The molecule has 0 bridgehead atoms. The molecule has 5 nitrogen and oxygen atoms in total. The molecule has 0 aromatic heterocycles. The van der Waals surface area contributed by atoms with E-state index in [1.807, 2.05) is 13.8 Å². The Morgan fingerprint density at radius 3 is 2.85 bits per heavy atom. The van der Waals surface area contributed by atoms with Crippen LogP contribution >= 0.6 is 0 Å². The van der Waals surface area contributed by atoms with E-state index < -0.39 is 0 Å². The lowest BCUT2D eigenvalue weighted by atomic mass is 10.2. The minimum atomic E-state index is -0.385. The number of benzene rings is 1. The molecule has 0 aliphatic carbocycles. The van der Waals surface area contributed by atoms with Crippen LogP contribution in [0.15, 0.2) is 24.3 Å². The SMILES string of the molecule is CC(C)NC(=O)NC1CC(=O)N(c2cccc(F)c2)C1. The van der Waals surface area contributed by atoms with E-state index in [-0.39, 0.29) is 36.3 Å². The Morgan fingerprint density at radius 2 is 2.20 bits per heavy atom. The maximum Gasteiger partial charge on any atom is 0.315 e. The van der Waals surface area contributed by atoms with Gasteiger partial charge in [-0.15, -0.1) is 0 Å².